The molecule has 0 fully saturated rings. The number of fused-ring (bicyclic) bond motifs is 1. The predicted molar refractivity (Wildman–Crippen MR) is 121 cm³/mol. The summed E-state index contributed by atoms with van der Waals surface area (Å²) in [6.45, 7) is 1.38. The number of ketones is 1. The highest BCUT2D eigenvalue weighted by molar-refractivity contribution is 6.30. The highest BCUT2D eigenvalue weighted by atomic mass is 35.5. The molecule has 164 valence electrons. The number of hydrogen-bond donors (Lipinski definition) is 1. The molecule has 2 atom stereocenters. The van der Waals surface area contributed by atoms with E-state index in [2.05, 4.69) is 4.98 Å². The first-order chi connectivity index (χ1) is 15.3. The number of carbonyl (C=O) groups excluding carboxylic acids is 2. The van der Waals surface area contributed by atoms with E-state index in [1.54, 1.807) is 36.4 Å². The van der Waals surface area contributed by atoms with Crippen LogP contribution in [0, 0.1) is 0 Å². The second kappa shape index (κ2) is 8.64. The Bertz CT molecular complexity index is 1180. The number of aliphatic hydroxyl groups excluding tert-OH is 1. The Balaban J connectivity index is 2.03. The van der Waals surface area contributed by atoms with Gasteiger partial charge in [-0.05, 0) is 48.4 Å². The summed E-state index contributed by atoms with van der Waals surface area (Å²) in [4.78, 5) is 36.8. The molecule has 3 aromatic rings. The van der Waals surface area contributed by atoms with E-state index in [9.17, 15) is 14.7 Å². The smallest absolute Gasteiger partial charge is 0.279 e. The van der Waals surface area contributed by atoms with Gasteiger partial charge in [-0.3, -0.25) is 19.4 Å². The number of nitrogens with zero attached hydrogens (tertiary/aromatic N) is 2. The van der Waals surface area contributed by atoms with E-state index in [1.165, 1.54) is 20.2 Å². The highest BCUT2D eigenvalue weighted by Gasteiger charge is 2.58. The summed E-state index contributed by atoms with van der Waals surface area (Å²) in [5, 5.41) is 12.4. The van der Waals surface area contributed by atoms with E-state index < -0.39 is 23.3 Å². The molecule has 8 heteroatoms. The second-order valence-corrected chi connectivity index (χ2v) is 8.44. The first-order valence-corrected chi connectivity index (χ1v) is 10.7. The fourth-order valence-electron chi connectivity index (χ4n) is 4.26. The van der Waals surface area contributed by atoms with Crippen LogP contribution in [0.3, 0.4) is 0 Å². The SMILES string of the molecule is CON1C(=O)c2cccc(-c3ccc(Cl)cc3)c2[C@]1(Cc1ccc(Cl)cn1)C(=O)C(C)O. The maximum absolute atomic E-state index is 13.7. The number of amides is 1. The van der Waals surface area contributed by atoms with Gasteiger partial charge in [-0.1, -0.05) is 47.5 Å². The van der Waals surface area contributed by atoms with Crippen LogP contribution < -0.4 is 0 Å². The lowest BCUT2D eigenvalue weighted by Crippen LogP contribution is -2.54. The Morgan fingerprint density at radius 2 is 1.75 bits per heavy atom. The molecule has 1 N–H and O–H groups in total. The first-order valence-electron chi connectivity index (χ1n) is 9.90. The lowest BCUT2D eigenvalue weighted by atomic mass is 9.76. The third kappa shape index (κ3) is 3.59. The normalized spacial score (nSPS) is 18.5. The van der Waals surface area contributed by atoms with Crippen molar-refractivity contribution in [2.45, 2.75) is 25.0 Å². The molecule has 0 radical (unpaired) electrons. The summed E-state index contributed by atoms with van der Waals surface area (Å²) in [6, 6.07) is 15.7. The third-order valence-corrected chi connectivity index (χ3v) is 6.07. The summed E-state index contributed by atoms with van der Waals surface area (Å²) in [5.74, 6) is -1.05. The van der Waals surface area contributed by atoms with E-state index >= 15 is 0 Å². The first kappa shape index (κ1) is 22.4. The van der Waals surface area contributed by atoms with Crippen LogP contribution >= 0.6 is 23.2 Å². The minimum atomic E-state index is -1.63. The van der Waals surface area contributed by atoms with Crippen molar-refractivity contribution in [2.24, 2.45) is 0 Å². The molecule has 1 amide bonds. The molecule has 2 aromatic carbocycles. The zero-order valence-electron chi connectivity index (χ0n) is 17.4. The molecule has 6 nitrogen and oxygen atoms in total. The topological polar surface area (TPSA) is 79.7 Å². The zero-order valence-corrected chi connectivity index (χ0v) is 18.9. The van der Waals surface area contributed by atoms with E-state index in [4.69, 9.17) is 28.0 Å². The molecular weight excluding hydrogens is 451 g/mol. The van der Waals surface area contributed by atoms with Gasteiger partial charge in [0.1, 0.15) is 6.10 Å². The molecule has 1 aliphatic rings. The third-order valence-electron chi connectivity index (χ3n) is 5.59. The summed E-state index contributed by atoms with van der Waals surface area (Å²) in [7, 11) is 1.32. The van der Waals surface area contributed by atoms with Gasteiger partial charge in [0.2, 0.25) is 0 Å². The average molecular weight is 471 g/mol. The summed E-state index contributed by atoms with van der Waals surface area (Å²) in [5.41, 5.74) is 1.09. The van der Waals surface area contributed by atoms with Crippen molar-refractivity contribution >= 4 is 34.9 Å². The van der Waals surface area contributed by atoms with Gasteiger partial charge in [0.05, 0.1) is 12.1 Å². The van der Waals surface area contributed by atoms with E-state index in [-0.39, 0.29) is 6.42 Å². The van der Waals surface area contributed by atoms with Crippen LogP contribution in [-0.2, 0) is 21.6 Å². The molecule has 4 rings (SSSR count). The Morgan fingerprint density at radius 1 is 1.09 bits per heavy atom. The summed E-state index contributed by atoms with van der Waals surface area (Å²) in [6.07, 6.45) is 0.0969. The number of aromatic nitrogens is 1. The van der Waals surface area contributed by atoms with Gasteiger partial charge < -0.3 is 5.11 Å². The van der Waals surface area contributed by atoms with Crippen molar-refractivity contribution in [3.05, 3.63) is 87.7 Å². The number of carbonyl (C=O) groups is 2. The van der Waals surface area contributed by atoms with Crippen molar-refractivity contribution in [1.29, 1.82) is 0 Å². The number of rotatable bonds is 6. The number of benzene rings is 2. The predicted octanol–water partition coefficient (Wildman–Crippen LogP) is 4.46. The maximum Gasteiger partial charge on any atom is 0.279 e. The molecule has 1 aliphatic heterocycles. The number of hydroxylamine groups is 2. The van der Waals surface area contributed by atoms with Crippen LogP contribution in [0.5, 0.6) is 0 Å². The molecule has 1 unspecified atom stereocenters. The Morgan fingerprint density at radius 3 is 2.34 bits per heavy atom. The maximum atomic E-state index is 13.7. The van der Waals surface area contributed by atoms with Crippen molar-refractivity contribution in [2.75, 3.05) is 7.11 Å². The second-order valence-electron chi connectivity index (χ2n) is 7.56. The Kier molecular flexibility index (Phi) is 6.05. The van der Waals surface area contributed by atoms with Crippen LogP contribution in [0.2, 0.25) is 10.0 Å². The molecule has 0 saturated heterocycles. The van der Waals surface area contributed by atoms with Gasteiger partial charge in [0.25, 0.3) is 5.91 Å². The van der Waals surface area contributed by atoms with Crippen molar-refractivity contribution < 1.29 is 19.5 Å². The van der Waals surface area contributed by atoms with Gasteiger partial charge in [-0.15, -0.1) is 0 Å². The molecule has 0 bridgehead atoms. The van der Waals surface area contributed by atoms with Gasteiger partial charge in [-0.25, -0.2) is 0 Å². The molecule has 0 saturated carbocycles. The fraction of sp³-hybridized carbons (Fsp3) is 0.208. The number of halogens is 2. The lowest BCUT2D eigenvalue weighted by molar-refractivity contribution is -0.179. The van der Waals surface area contributed by atoms with Crippen LogP contribution in [0.4, 0.5) is 0 Å². The molecule has 2 heterocycles. The number of Topliss-reactive ketones (excluding diaryl/α,β-unsaturated/α-hetero) is 1. The van der Waals surface area contributed by atoms with E-state index in [1.807, 2.05) is 18.2 Å². The molecule has 0 spiro atoms. The Hall–Kier alpha value is -2.77. The monoisotopic (exact) mass is 470 g/mol. The van der Waals surface area contributed by atoms with E-state index in [0.29, 0.717) is 32.4 Å². The summed E-state index contributed by atoms with van der Waals surface area (Å²) >= 11 is 12.0. The van der Waals surface area contributed by atoms with Crippen LogP contribution in [-0.4, -0.2) is 40.1 Å². The van der Waals surface area contributed by atoms with E-state index in [0.717, 1.165) is 10.6 Å². The van der Waals surface area contributed by atoms with Crippen molar-refractivity contribution in [3.63, 3.8) is 0 Å². The highest BCUT2D eigenvalue weighted by Crippen LogP contribution is 2.47. The van der Waals surface area contributed by atoms with Crippen LogP contribution in [0.15, 0.2) is 60.8 Å². The summed E-state index contributed by atoms with van der Waals surface area (Å²) < 4.78 is 0. The number of aliphatic hydroxyl groups is 1. The molecule has 1 aromatic heterocycles. The largest absolute Gasteiger partial charge is 0.386 e. The number of hydrogen-bond acceptors (Lipinski definition) is 5. The number of pyridine rings is 1. The molecule has 32 heavy (non-hydrogen) atoms. The molecular formula is C24H20Cl2N2O4. The van der Waals surface area contributed by atoms with Crippen LogP contribution in [0.25, 0.3) is 11.1 Å². The van der Waals surface area contributed by atoms with Gasteiger partial charge in [0, 0.05) is 34.5 Å². The van der Waals surface area contributed by atoms with Crippen molar-refractivity contribution in [3.8, 4) is 11.1 Å². The standard InChI is InChI=1S/C24H20Cl2N2O4/c1-14(29)22(30)24(12-18-11-10-17(26)13-27-18)21-19(15-6-8-16(25)9-7-15)4-3-5-20(21)23(31)28(24)32-2/h3-11,13-14,29H,12H2,1-2H3/t14?,24-/m1/s1. The van der Waals surface area contributed by atoms with Gasteiger partial charge >= 0.3 is 0 Å². The minimum Gasteiger partial charge on any atom is -0.386 e. The minimum absolute atomic E-state index is 0.00884. The fourth-order valence-corrected chi connectivity index (χ4v) is 4.50. The quantitative estimate of drug-likeness (QED) is 0.575. The zero-order chi connectivity index (χ0) is 23.0. The van der Waals surface area contributed by atoms with Gasteiger partial charge in [0.15, 0.2) is 11.3 Å². The lowest BCUT2D eigenvalue weighted by Gasteiger charge is -2.37. The average Bonchev–Trinajstić information content (AvgIpc) is 3.03. The molecule has 0 aliphatic carbocycles. The van der Waals surface area contributed by atoms with Crippen molar-refractivity contribution in [1.82, 2.24) is 10.0 Å². The van der Waals surface area contributed by atoms with Gasteiger partial charge in [-0.2, -0.15) is 5.06 Å². The van der Waals surface area contributed by atoms with Crippen LogP contribution in [0.1, 0.15) is 28.5 Å². The Labute approximate surface area is 195 Å².